The van der Waals surface area contributed by atoms with Crippen molar-refractivity contribution >= 4 is 17.7 Å². The van der Waals surface area contributed by atoms with Crippen molar-refractivity contribution in [3.63, 3.8) is 0 Å². The van der Waals surface area contributed by atoms with Gasteiger partial charge < -0.3 is 30.1 Å². The molecule has 11 heteroatoms. The van der Waals surface area contributed by atoms with Gasteiger partial charge in [0.15, 0.2) is 0 Å². The number of carbonyl (C=O) groups excluding carboxylic acids is 3. The molecule has 47 heavy (non-hydrogen) atoms. The molecule has 2 aromatic carbocycles. The number of ether oxygens (including phenoxy) is 2. The minimum atomic E-state index is -1.24. The van der Waals surface area contributed by atoms with Crippen LogP contribution in [0.1, 0.15) is 92.0 Å². The maximum absolute atomic E-state index is 14.1. The Hall–Kier alpha value is -3.41. The smallest absolute Gasteiger partial charge is 0.253 e. The van der Waals surface area contributed by atoms with Gasteiger partial charge in [-0.15, -0.1) is 0 Å². The number of aliphatic hydroxyl groups is 1. The van der Waals surface area contributed by atoms with Crippen LogP contribution in [-0.2, 0) is 20.7 Å². The number of aliphatic hydroxyl groups excluding tert-OH is 1. The summed E-state index contributed by atoms with van der Waals surface area (Å²) in [5.74, 6) is -3.14. The summed E-state index contributed by atoms with van der Waals surface area (Å²) in [7, 11) is 3.26. The van der Waals surface area contributed by atoms with E-state index in [9.17, 15) is 28.3 Å². The molecule has 0 aromatic heterocycles. The third-order valence-corrected chi connectivity index (χ3v) is 8.83. The van der Waals surface area contributed by atoms with Gasteiger partial charge in [-0.25, -0.2) is 8.78 Å². The minimum Gasteiger partial charge on any atom is -0.391 e. The van der Waals surface area contributed by atoms with Crippen molar-refractivity contribution < 1.29 is 37.7 Å². The fourth-order valence-electron chi connectivity index (χ4n) is 6.30. The molecule has 9 nitrogen and oxygen atoms in total. The molecule has 0 saturated heterocycles. The number of hydrogen-bond donors (Lipinski definition) is 3. The van der Waals surface area contributed by atoms with Gasteiger partial charge in [0.25, 0.3) is 11.8 Å². The topological polar surface area (TPSA) is 117 Å². The van der Waals surface area contributed by atoms with Crippen molar-refractivity contribution in [3.05, 3.63) is 70.8 Å². The molecule has 1 saturated carbocycles. The van der Waals surface area contributed by atoms with Gasteiger partial charge in [-0.3, -0.25) is 14.4 Å². The van der Waals surface area contributed by atoms with E-state index >= 15 is 0 Å². The Balaban J connectivity index is 1.80. The lowest BCUT2D eigenvalue weighted by molar-refractivity contribution is -0.128. The van der Waals surface area contributed by atoms with Crippen molar-refractivity contribution in [2.24, 2.45) is 5.92 Å². The Bertz CT molecular complexity index is 1290. The fraction of sp³-hybridized carbons (Fsp3) is 0.583. The lowest BCUT2D eigenvalue weighted by Crippen LogP contribution is -2.49. The number of methoxy groups -OCH3 is 2. The van der Waals surface area contributed by atoms with E-state index in [1.807, 2.05) is 20.8 Å². The largest absolute Gasteiger partial charge is 0.391 e. The molecule has 3 rings (SSSR count). The first kappa shape index (κ1) is 38.0. The third-order valence-electron chi connectivity index (χ3n) is 8.83. The van der Waals surface area contributed by atoms with Crippen LogP contribution in [0.4, 0.5) is 8.78 Å². The number of halogens is 2. The molecule has 2 unspecified atom stereocenters. The molecule has 0 bridgehead atoms. The summed E-state index contributed by atoms with van der Waals surface area (Å²) in [4.78, 5) is 41.9. The van der Waals surface area contributed by atoms with Gasteiger partial charge in [-0.1, -0.05) is 26.8 Å². The number of nitrogens with zero attached hydrogens (tertiary/aromatic N) is 1. The number of rotatable bonds is 17. The zero-order valence-electron chi connectivity index (χ0n) is 28.3. The van der Waals surface area contributed by atoms with E-state index in [4.69, 9.17) is 9.47 Å². The molecule has 1 aliphatic rings. The van der Waals surface area contributed by atoms with Crippen molar-refractivity contribution in [2.45, 2.75) is 103 Å². The van der Waals surface area contributed by atoms with Crippen LogP contribution in [0.2, 0.25) is 0 Å². The SMILES string of the molecule is CCCN(CCC)C(=O)c1cccc(C(=O)N[C@@H](Cc2cc(F)cc(F)c2)[C@@H](O)C[C@@H](CC)C(=O)NC2CC(OC)CC(OC)C2)c1. The van der Waals surface area contributed by atoms with Crippen molar-refractivity contribution in [1.29, 1.82) is 0 Å². The Labute approximate surface area is 277 Å². The standard InChI is InChI=1S/C36H51F2N3O6/c1-6-12-41(13-7-2)36(45)26-11-9-10-25(17-26)35(44)40-32(16-23-14-27(37)19-28(38)15-23)33(42)18-24(8-3)34(43)39-29-20-30(46-4)22-31(21-29)47-5/h9-11,14-15,17,19,24,29-33,42H,6-8,12-13,16,18,20-22H2,1-5H3,(H,39,43)(H,40,44)/t24-,29?,30?,31?,32+,33+/m1/s1. The van der Waals surface area contributed by atoms with Crippen LogP contribution in [0.25, 0.3) is 0 Å². The molecule has 0 spiro atoms. The highest BCUT2D eigenvalue weighted by Crippen LogP contribution is 2.25. The van der Waals surface area contributed by atoms with Gasteiger partial charge in [-0.2, -0.15) is 0 Å². The second-order valence-corrected chi connectivity index (χ2v) is 12.5. The average molecular weight is 660 g/mol. The lowest BCUT2D eigenvalue weighted by atomic mass is 9.88. The molecule has 0 heterocycles. The maximum Gasteiger partial charge on any atom is 0.253 e. The molecule has 1 fully saturated rings. The first-order valence-corrected chi connectivity index (χ1v) is 16.7. The lowest BCUT2D eigenvalue weighted by Gasteiger charge is -2.35. The summed E-state index contributed by atoms with van der Waals surface area (Å²) >= 11 is 0. The van der Waals surface area contributed by atoms with E-state index in [0.29, 0.717) is 37.9 Å². The summed E-state index contributed by atoms with van der Waals surface area (Å²) < 4.78 is 39.3. The summed E-state index contributed by atoms with van der Waals surface area (Å²) in [6, 6.07) is 8.24. The quantitative estimate of drug-likeness (QED) is 0.219. The first-order valence-electron chi connectivity index (χ1n) is 16.7. The number of benzene rings is 2. The molecular weight excluding hydrogens is 608 g/mol. The first-order chi connectivity index (χ1) is 22.5. The zero-order valence-corrected chi connectivity index (χ0v) is 28.3. The molecule has 260 valence electrons. The van der Waals surface area contributed by atoms with Gasteiger partial charge >= 0.3 is 0 Å². The minimum absolute atomic E-state index is 0.000726. The highest BCUT2D eigenvalue weighted by Gasteiger charge is 2.33. The van der Waals surface area contributed by atoms with Crippen LogP contribution in [0, 0.1) is 17.6 Å². The number of carbonyl (C=O) groups is 3. The Kier molecular flexibility index (Phi) is 15.2. The van der Waals surface area contributed by atoms with Crippen molar-refractivity contribution in [1.82, 2.24) is 15.5 Å². The number of nitrogens with one attached hydrogen (secondary N) is 2. The van der Waals surface area contributed by atoms with E-state index in [0.717, 1.165) is 37.5 Å². The Morgan fingerprint density at radius 2 is 1.51 bits per heavy atom. The normalized spacial score (nSPS) is 19.8. The van der Waals surface area contributed by atoms with Crippen LogP contribution >= 0.6 is 0 Å². The summed E-state index contributed by atoms with van der Waals surface area (Å²) in [6.07, 6.45) is 2.61. The molecule has 0 aliphatic heterocycles. The summed E-state index contributed by atoms with van der Waals surface area (Å²) in [5.41, 5.74) is 0.802. The van der Waals surface area contributed by atoms with Crippen molar-refractivity contribution in [3.8, 4) is 0 Å². The van der Waals surface area contributed by atoms with Gasteiger partial charge in [0.05, 0.1) is 24.4 Å². The number of amides is 3. The second-order valence-electron chi connectivity index (χ2n) is 12.5. The third kappa shape index (κ3) is 11.4. The zero-order chi connectivity index (χ0) is 34.5. The fourth-order valence-corrected chi connectivity index (χ4v) is 6.30. The molecule has 3 N–H and O–H groups in total. The molecule has 0 radical (unpaired) electrons. The molecule has 3 amide bonds. The van der Waals surface area contributed by atoms with E-state index in [-0.39, 0.29) is 54.0 Å². The van der Waals surface area contributed by atoms with Crippen molar-refractivity contribution in [2.75, 3.05) is 27.3 Å². The van der Waals surface area contributed by atoms with Gasteiger partial charge in [0.1, 0.15) is 11.6 Å². The molecule has 2 aromatic rings. The Morgan fingerprint density at radius 3 is 2.06 bits per heavy atom. The van der Waals surface area contributed by atoms with Crippen LogP contribution in [0.5, 0.6) is 0 Å². The maximum atomic E-state index is 14.1. The molecule has 1 aliphatic carbocycles. The van der Waals surface area contributed by atoms with Gasteiger partial charge in [0.2, 0.25) is 5.91 Å². The van der Waals surface area contributed by atoms with E-state index in [1.165, 1.54) is 6.07 Å². The van der Waals surface area contributed by atoms with E-state index in [2.05, 4.69) is 10.6 Å². The highest BCUT2D eigenvalue weighted by atomic mass is 19.1. The van der Waals surface area contributed by atoms with Crippen LogP contribution in [-0.4, -0.2) is 85.4 Å². The van der Waals surface area contributed by atoms with Crippen LogP contribution < -0.4 is 10.6 Å². The predicted octanol–water partition coefficient (Wildman–Crippen LogP) is 5.04. The van der Waals surface area contributed by atoms with Crippen LogP contribution in [0.15, 0.2) is 42.5 Å². The van der Waals surface area contributed by atoms with E-state index in [1.54, 1.807) is 37.3 Å². The van der Waals surface area contributed by atoms with Gasteiger partial charge in [-0.05, 0) is 87.3 Å². The predicted molar refractivity (Wildman–Crippen MR) is 176 cm³/mol. The van der Waals surface area contributed by atoms with E-state index < -0.39 is 35.6 Å². The second kappa shape index (κ2) is 18.8. The molecular formula is C36H51F2N3O6. The Morgan fingerprint density at radius 1 is 0.915 bits per heavy atom. The van der Waals surface area contributed by atoms with Gasteiger partial charge in [0, 0.05) is 56.5 Å². The molecule has 5 atom stereocenters. The van der Waals surface area contributed by atoms with Crippen LogP contribution in [0.3, 0.4) is 0 Å². The highest BCUT2D eigenvalue weighted by molar-refractivity contribution is 5.99. The number of hydrogen-bond acceptors (Lipinski definition) is 6. The summed E-state index contributed by atoms with van der Waals surface area (Å²) in [5, 5.41) is 17.4. The monoisotopic (exact) mass is 659 g/mol. The summed E-state index contributed by atoms with van der Waals surface area (Å²) in [6.45, 7) is 7.01. The average Bonchev–Trinajstić information content (AvgIpc) is 3.05.